The molecule has 1 aliphatic rings. The van der Waals surface area contributed by atoms with E-state index in [9.17, 15) is 4.79 Å². The van der Waals surface area contributed by atoms with Crippen LogP contribution < -0.4 is 10.2 Å². The highest BCUT2D eigenvalue weighted by Gasteiger charge is 2.26. The number of hydrogen-bond acceptors (Lipinski definition) is 5. The Bertz CT molecular complexity index is 692. The minimum atomic E-state index is -0.469. The monoisotopic (exact) mass is 333 g/mol. The number of benzene rings is 1. The molecule has 1 N–H and O–H groups in total. The number of nitrogens with zero attached hydrogens (tertiary/aromatic N) is 2. The Morgan fingerprint density at radius 1 is 1.39 bits per heavy atom. The van der Waals surface area contributed by atoms with Crippen LogP contribution in [0.4, 0.5) is 10.6 Å². The molecule has 5 nitrogen and oxygen atoms in total. The third-order valence-corrected chi connectivity index (χ3v) is 4.62. The number of carbonyl (C=O) groups is 1. The average molecular weight is 333 g/mol. The zero-order chi connectivity index (χ0) is 16.4. The number of hydrogen-bond donors (Lipinski definition) is 1. The van der Waals surface area contributed by atoms with Crippen LogP contribution in [-0.2, 0) is 4.74 Å². The Kier molecular flexibility index (Phi) is 4.43. The number of anilines is 1. The van der Waals surface area contributed by atoms with E-state index in [4.69, 9.17) is 4.74 Å². The summed E-state index contributed by atoms with van der Waals surface area (Å²) in [5.41, 5.74) is -0.469. The normalized spacial score (nSPS) is 18.9. The molecule has 3 rings (SSSR count). The molecule has 0 saturated carbocycles. The minimum Gasteiger partial charge on any atom is -0.444 e. The SMILES string of the molecule is CC(C)(C)OC(=O)NC1CCCN(c2nsc3ccccc23)C1. The molecule has 1 saturated heterocycles. The summed E-state index contributed by atoms with van der Waals surface area (Å²) in [6.45, 7) is 7.37. The lowest BCUT2D eigenvalue weighted by Crippen LogP contribution is -2.49. The van der Waals surface area contributed by atoms with Gasteiger partial charge in [-0.05, 0) is 57.3 Å². The van der Waals surface area contributed by atoms with Crippen LogP contribution in [0.15, 0.2) is 24.3 Å². The standard InChI is InChI=1S/C17H23N3O2S/c1-17(2,3)22-16(21)18-12-7-6-10-20(11-12)15-13-8-4-5-9-14(13)23-19-15/h4-5,8-9,12H,6-7,10-11H2,1-3H3,(H,18,21). The van der Waals surface area contributed by atoms with E-state index in [1.807, 2.05) is 32.9 Å². The summed E-state index contributed by atoms with van der Waals surface area (Å²) in [4.78, 5) is 14.2. The highest BCUT2D eigenvalue weighted by Crippen LogP contribution is 2.30. The van der Waals surface area contributed by atoms with Crippen molar-refractivity contribution >= 4 is 33.5 Å². The van der Waals surface area contributed by atoms with E-state index in [2.05, 4.69) is 26.7 Å². The number of amides is 1. The summed E-state index contributed by atoms with van der Waals surface area (Å²) in [7, 11) is 0. The molecule has 0 spiro atoms. The Balaban J connectivity index is 1.68. The van der Waals surface area contributed by atoms with E-state index in [-0.39, 0.29) is 12.1 Å². The van der Waals surface area contributed by atoms with Gasteiger partial charge in [0, 0.05) is 24.5 Å². The summed E-state index contributed by atoms with van der Waals surface area (Å²) >= 11 is 1.53. The molecule has 1 unspecified atom stereocenters. The second-order valence-electron chi connectivity index (χ2n) is 6.93. The predicted octanol–water partition coefficient (Wildman–Crippen LogP) is 3.79. The Hall–Kier alpha value is -1.82. The predicted molar refractivity (Wildman–Crippen MR) is 94.2 cm³/mol. The first-order valence-electron chi connectivity index (χ1n) is 8.01. The van der Waals surface area contributed by atoms with Crippen LogP contribution in [0, 0.1) is 0 Å². The lowest BCUT2D eigenvalue weighted by Gasteiger charge is -2.34. The van der Waals surface area contributed by atoms with Crippen molar-refractivity contribution in [1.29, 1.82) is 0 Å². The molecule has 1 fully saturated rings. The number of alkyl carbamates (subject to hydrolysis) is 1. The quantitative estimate of drug-likeness (QED) is 0.908. The van der Waals surface area contributed by atoms with Crippen molar-refractivity contribution in [2.45, 2.75) is 45.3 Å². The first-order chi connectivity index (χ1) is 10.9. The van der Waals surface area contributed by atoms with Crippen LogP contribution in [0.5, 0.6) is 0 Å². The van der Waals surface area contributed by atoms with E-state index < -0.39 is 5.60 Å². The summed E-state index contributed by atoms with van der Waals surface area (Å²) in [6.07, 6.45) is 1.66. The molecule has 1 aromatic carbocycles. The van der Waals surface area contributed by atoms with E-state index in [1.165, 1.54) is 21.6 Å². The lowest BCUT2D eigenvalue weighted by atomic mass is 10.1. The van der Waals surface area contributed by atoms with Crippen LogP contribution >= 0.6 is 11.5 Å². The molecule has 124 valence electrons. The van der Waals surface area contributed by atoms with Gasteiger partial charge in [-0.2, -0.15) is 4.37 Å². The van der Waals surface area contributed by atoms with Gasteiger partial charge in [-0.1, -0.05) is 12.1 Å². The van der Waals surface area contributed by atoms with Crippen LogP contribution in [0.3, 0.4) is 0 Å². The van der Waals surface area contributed by atoms with Gasteiger partial charge in [-0.3, -0.25) is 0 Å². The molecule has 6 heteroatoms. The van der Waals surface area contributed by atoms with Crippen molar-refractivity contribution in [2.24, 2.45) is 0 Å². The first-order valence-corrected chi connectivity index (χ1v) is 8.78. The van der Waals surface area contributed by atoms with Crippen molar-refractivity contribution in [3.8, 4) is 0 Å². The summed E-state index contributed by atoms with van der Waals surface area (Å²) in [5.74, 6) is 1.03. The number of carbonyl (C=O) groups excluding carboxylic acids is 1. The Morgan fingerprint density at radius 3 is 2.96 bits per heavy atom. The molecular weight excluding hydrogens is 310 g/mol. The number of ether oxygens (including phenoxy) is 1. The van der Waals surface area contributed by atoms with Gasteiger partial charge in [0.2, 0.25) is 0 Å². The van der Waals surface area contributed by atoms with Gasteiger partial charge in [0.05, 0.1) is 4.70 Å². The molecule has 0 bridgehead atoms. The van der Waals surface area contributed by atoms with E-state index in [0.29, 0.717) is 0 Å². The number of piperidine rings is 1. The number of rotatable bonds is 2. The lowest BCUT2D eigenvalue weighted by molar-refractivity contribution is 0.0500. The average Bonchev–Trinajstić information content (AvgIpc) is 2.89. The highest BCUT2D eigenvalue weighted by molar-refractivity contribution is 7.13. The molecule has 23 heavy (non-hydrogen) atoms. The van der Waals surface area contributed by atoms with Crippen LogP contribution in [0.2, 0.25) is 0 Å². The first kappa shape index (κ1) is 16.1. The summed E-state index contributed by atoms with van der Waals surface area (Å²) in [5, 5.41) is 4.18. The van der Waals surface area contributed by atoms with Gasteiger partial charge < -0.3 is 15.0 Å². The zero-order valence-electron chi connectivity index (χ0n) is 13.8. The number of fused-ring (bicyclic) bond motifs is 1. The Labute approximate surface area is 140 Å². The molecule has 1 atom stereocenters. The largest absolute Gasteiger partial charge is 0.444 e. The number of aromatic nitrogens is 1. The molecule has 1 aliphatic heterocycles. The maximum Gasteiger partial charge on any atom is 0.407 e. The summed E-state index contributed by atoms with van der Waals surface area (Å²) in [6, 6.07) is 8.38. The fraction of sp³-hybridized carbons (Fsp3) is 0.529. The van der Waals surface area contributed by atoms with Gasteiger partial charge in [-0.25, -0.2) is 4.79 Å². The molecular formula is C17H23N3O2S. The third kappa shape index (κ3) is 3.93. The van der Waals surface area contributed by atoms with Gasteiger partial charge in [0.1, 0.15) is 11.4 Å². The van der Waals surface area contributed by atoms with Crippen LogP contribution in [0.25, 0.3) is 10.1 Å². The second kappa shape index (κ2) is 6.35. The van der Waals surface area contributed by atoms with E-state index in [0.717, 1.165) is 31.7 Å². The maximum atomic E-state index is 12.0. The molecule has 1 amide bonds. The van der Waals surface area contributed by atoms with Gasteiger partial charge in [0.15, 0.2) is 0 Å². The number of nitrogens with one attached hydrogen (secondary N) is 1. The fourth-order valence-corrected chi connectivity index (χ4v) is 3.66. The molecule has 0 aliphatic carbocycles. The topological polar surface area (TPSA) is 54.5 Å². The van der Waals surface area contributed by atoms with Crippen molar-refractivity contribution in [3.63, 3.8) is 0 Å². The fourth-order valence-electron chi connectivity index (χ4n) is 2.86. The van der Waals surface area contributed by atoms with Crippen molar-refractivity contribution < 1.29 is 9.53 Å². The van der Waals surface area contributed by atoms with Gasteiger partial charge in [0.25, 0.3) is 0 Å². The Morgan fingerprint density at radius 2 is 2.17 bits per heavy atom. The van der Waals surface area contributed by atoms with E-state index >= 15 is 0 Å². The summed E-state index contributed by atoms with van der Waals surface area (Å²) < 4.78 is 11.2. The van der Waals surface area contributed by atoms with Crippen LogP contribution in [-0.4, -0.2) is 35.2 Å². The third-order valence-electron chi connectivity index (χ3n) is 3.80. The van der Waals surface area contributed by atoms with Crippen molar-refractivity contribution in [2.75, 3.05) is 18.0 Å². The molecule has 2 heterocycles. The van der Waals surface area contributed by atoms with Gasteiger partial charge in [-0.15, -0.1) is 0 Å². The smallest absolute Gasteiger partial charge is 0.407 e. The van der Waals surface area contributed by atoms with Gasteiger partial charge >= 0.3 is 6.09 Å². The van der Waals surface area contributed by atoms with Crippen molar-refractivity contribution in [1.82, 2.24) is 9.69 Å². The minimum absolute atomic E-state index is 0.0964. The maximum absolute atomic E-state index is 12.0. The van der Waals surface area contributed by atoms with Crippen LogP contribution in [0.1, 0.15) is 33.6 Å². The van der Waals surface area contributed by atoms with E-state index in [1.54, 1.807) is 0 Å². The second-order valence-corrected chi connectivity index (χ2v) is 7.74. The van der Waals surface area contributed by atoms with Crippen molar-refractivity contribution in [3.05, 3.63) is 24.3 Å². The molecule has 2 aromatic rings. The highest BCUT2D eigenvalue weighted by atomic mass is 32.1. The zero-order valence-corrected chi connectivity index (χ0v) is 14.7. The molecule has 0 radical (unpaired) electrons. The molecule has 1 aromatic heterocycles.